The molecule has 1 aliphatic rings. The number of ether oxygens (including phenoxy) is 1. The van der Waals surface area contributed by atoms with Gasteiger partial charge in [-0.3, -0.25) is 10.1 Å². The third kappa shape index (κ3) is 2.67. The van der Waals surface area contributed by atoms with Crippen molar-refractivity contribution in [1.29, 1.82) is 5.26 Å². The van der Waals surface area contributed by atoms with Crippen molar-refractivity contribution in [2.45, 2.75) is 5.92 Å². The average molecular weight is 425 g/mol. The fourth-order valence-electron chi connectivity index (χ4n) is 4.14. The standard InChI is InChI=1S/C23H15N5O4/c24-10-16-20(25)19-18(14-7-5-11-3-1-2-4-13(11)21(14)29)15-9-12(28(30)31)6-8-17(15)32-23(19)27-22(16)26/h1-9,18,29H,(H4,25,26,27). The van der Waals surface area contributed by atoms with Gasteiger partial charge in [-0.15, -0.1) is 0 Å². The predicted octanol–water partition coefficient (Wildman–Crippen LogP) is 4.17. The topological polar surface area (TPSA) is 161 Å². The van der Waals surface area contributed by atoms with E-state index in [1.807, 2.05) is 24.3 Å². The molecular formula is C23H15N5O4. The predicted molar refractivity (Wildman–Crippen MR) is 118 cm³/mol. The van der Waals surface area contributed by atoms with E-state index >= 15 is 0 Å². The van der Waals surface area contributed by atoms with Gasteiger partial charge in [0.25, 0.3) is 5.69 Å². The number of fused-ring (bicyclic) bond motifs is 3. The first-order valence-electron chi connectivity index (χ1n) is 9.56. The molecule has 5 N–H and O–H groups in total. The number of non-ortho nitro benzene ring substituents is 1. The summed E-state index contributed by atoms with van der Waals surface area (Å²) in [6.45, 7) is 0. The lowest BCUT2D eigenvalue weighted by molar-refractivity contribution is -0.384. The molecule has 156 valence electrons. The van der Waals surface area contributed by atoms with E-state index in [1.54, 1.807) is 18.2 Å². The Morgan fingerprint density at radius 2 is 1.91 bits per heavy atom. The fraction of sp³-hybridized carbons (Fsp3) is 0.0435. The van der Waals surface area contributed by atoms with Crippen molar-refractivity contribution in [2.24, 2.45) is 0 Å². The van der Waals surface area contributed by atoms with E-state index in [4.69, 9.17) is 16.2 Å². The van der Waals surface area contributed by atoms with E-state index in [2.05, 4.69) is 4.98 Å². The summed E-state index contributed by atoms with van der Waals surface area (Å²) in [7, 11) is 0. The number of aromatic hydroxyl groups is 1. The Morgan fingerprint density at radius 1 is 1.12 bits per heavy atom. The molecule has 5 rings (SSSR count). The number of hydrogen-bond acceptors (Lipinski definition) is 8. The highest BCUT2D eigenvalue weighted by molar-refractivity contribution is 5.90. The normalized spacial score (nSPS) is 14.2. The molecule has 4 aromatic rings. The Kier molecular flexibility index (Phi) is 4.10. The molecule has 9 heteroatoms. The van der Waals surface area contributed by atoms with Crippen LogP contribution in [0.5, 0.6) is 17.4 Å². The third-order valence-corrected chi connectivity index (χ3v) is 5.63. The van der Waals surface area contributed by atoms with Crippen LogP contribution in [0.25, 0.3) is 10.8 Å². The first-order chi connectivity index (χ1) is 15.4. The maximum absolute atomic E-state index is 11.4. The highest BCUT2D eigenvalue weighted by Crippen LogP contribution is 2.53. The molecule has 0 bridgehead atoms. The summed E-state index contributed by atoms with van der Waals surface area (Å²) < 4.78 is 5.87. The van der Waals surface area contributed by atoms with E-state index in [-0.39, 0.29) is 34.4 Å². The van der Waals surface area contributed by atoms with Gasteiger partial charge in [0.1, 0.15) is 28.9 Å². The number of anilines is 2. The smallest absolute Gasteiger partial charge is 0.270 e. The number of pyridine rings is 1. The Balaban J connectivity index is 1.88. The van der Waals surface area contributed by atoms with Crippen molar-refractivity contribution < 1.29 is 14.8 Å². The Morgan fingerprint density at radius 3 is 2.66 bits per heavy atom. The van der Waals surface area contributed by atoms with Gasteiger partial charge in [-0.2, -0.15) is 10.2 Å². The number of nitrogen functional groups attached to an aromatic ring is 2. The second-order valence-electron chi connectivity index (χ2n) is 7.36. The van der Waals surface area contributed by atoms with Crippen LogP contribution < -0.4 is 16.2 Å². The molecular weight excluding hydrogens is 410 g/mol. The molecule has 0 radical (unpaired) electrons. The summed E-state index contributed by atoms with van der Waals surface area (Å²) in [6, 6.07) is 16.9. The van der Waals surface area contributed by atoms with Gasteiger partial charge in [-0.25, -0.2) is 0 Å². The highest BCUT2D eigenvalue weighted by atomic mass is 16.6. The molecule has 32 heavy (non-hydrogen) atoms. The highest BCUT2D eigenvalue weighted by Gasteiger charge is 2.36. The molecule has 9 nitrogen and oxygen atoms in total. The van der Waals surface area contributed by atoms with Crippen LogP contribution in [-0.4, -0.2) is 15.0 Å². The summed E-state index contributed by atoms with van der Waals surface area (Å²) in [5.74, 6) is -0.475. The summed E-state index contributed by atoms with van der Waals surface area (Å²) in [5.41, 5.74) is 13.3. The maximum atomic E-state index is 11.4. The number of nitro groups is 1. The second-order valence-corrected chi connectivity index (χ2v) is 7.36. The first-order valence-corrected chi connectivity index (χ1v) is 9.56. The minimum absolute atomic E-state index is 0.00635. The van der Waals surface area contributed by atoms with Gasteiger partial charge in [0.2, 0.25) is 5.88 Å². The number of hydrogen-bond donors (Lipinski definition) is 3. The lowest BCUT2D eigenvalue weighted by Crippen LogP contribution is -2.17. The number of nitrogens with zero attached hydrogens (tertiary/aromatic N) is 3. The first kappa shape index (κ1) is 19.1. The van der Waals surface area contributed by atoms with E-state index in [1.165, 1.54) is 18.2 Å². The van der Waals surface area contributed by atoms with Crippen LogP contribution in [0, 0.1) is 21.4 Å². The zero-order chi connectivity index (χ0) is 22.6. The van der Waals surface area contributed by atoms with Crippen LogP contribution in [0.1, 0.15) is 28.2 Å². The molecule has 1 atom stereocenters. The third-order valence-electron chi connectivity index (χ3n) is 5.63. The molecule has 0 saturated heterocycles. The van der Waals surface area contributed by atoms with Crippen molar-refractivity contribution in [3.63, 3.8) is 0 Å². The number of phenols is 1. The van der Waals surface area contributed by atoms with Gasteiger partial charge in [-0.05, 0) is 11.5 Å². The number of aromatic nitrogens is 1. The van der Waals surface area contributed by atoms with Crippen molar-refractivity contribution in [3.05, 3.63) is 87.0 Å². The second kappa shape index (κ2) is 6.85. The number of nitrogens with two attached hydrogens (primary N) is 2. The van der Waals surface area contributed by atoms with Gasteiger partial charge in [0.05, 0.1) is 16.2 Å². The van der Waals surface area contributed by atoms with Gasteiger partial charge in [0, 0.05) is 34.6 Å². The summed E-state index contributed by atoms with van der Waals surface area (Å²) >= 11 is 0. The molecule has 0 aliphatic carbocycles. The SMILES string of the molecule is N#Cc1c(N)nc2c(c1N)C(c1ccc3ccccc3c1O)c1cc([N+](=O)[O-])ccc1O2. The van der Waals surface area contributed by atoms with E-state index in [0.717, 1.165) is 5.39 Å². The molecule has 3 aromatic carbocycles. The number of nitriles is 1. The number of rotatable bonds is 2. The number of phenolic OH excluding ortho intramolecular Hbond substituents is 1. The van der Waals surface area contributed by atoms with Gasteiger partial charge in [0.15, 0.2) is 0 Å². The lowest BCUT2D eigenvalue weighted by Gasteiger charge is -2.30. The van der Waals surface area contributed by atoms with Crippen molar-refractivity contribution in [3.8, 4) is 23.4 Å². The van der Waals surface area contributed by atoms with Crippen LogP contribution in [0.15, 0.2) is 54.6 Å². The molecule has 0 spiro atoms. The van der Waals surface area contributed by atoms with Gasteiger partial charge < -0.3 is 21.3 Å². The van der Waals surface area contributed by atoms with Crippen molar-refractivity contribution in [2.75, 3.05) is 11.5 Å². The Bertz CT molecular complexity index is 1490. The molecule has 2 heterocycles. The minimum Gasteiger partial charge on any atom is -0.507 e. The molecule has 0 saturated carbocycles. The largest absolute Gasteiger partial charge is 0.507 e. The van der Waals surface area contributed by atoms with Crippen LogP contribution in [0.4, 0.5) is 17.2 Å². The summed E-state index contributed by atoms with van der Waals surface area (Å²) in [4.78, 5) is 15.1. The monoisotopic (exact) mass is 425 g/mol. The van der Waals surface area contributed by atoms with Crippen LogP contribution in [0.3, 0.4) is 0 Å². The molecule has 0 fully saturated rings. The fourth-order valence-corrected chi connectivity index (χ4v) is 4.14. The van der Waals surface area contributed by atoms with Crippen molar-refractivity contribution in [1.82, 2.24) is 4.98 Å². The molecule has 1 aromatic heterocycles. The quantitative estimate of drug-likeness (QED) is 0.280. The maximum Gasteiger partial charge on any atom is 0.270 e. The van der Waals surface area contributed by atoms with E-state index in [0.29, 0.717) is 27.8 Å². The molecule has 1 aliphatic heterocycles. The van der Waals surface area contributed by atoms with Crippen LogP contribution >= 0.6 is 0 Å². The van der Waals surface area contributed by atoms with Crippen LogP contribution in [-0.2, 0) is 0 Å². The number of benzene rings is 3. The summed E-state index contributed by atoms with van der Waals surface area (Å²) in [6.07, 6.45) is 0. The Hall–Kier alpha value is -4.84. The minimum atomic E-state index is -0.779. The number of nitro benzene ring substituents is 1. The average Bonchev–Trinajstić information content (AvgIpc) is 2.78. The van der Waals surface area contributed by atoms with Crippen LogP contribution in [0.2, 0.25) is 0 Å². The van der Waals surface area contributed by atoms with Gasteiger partial charge >= 0.3 is 0 Å². The summed E-state index contributed by atoms with van der Waals surface area (Å²) in [5, 5.41) is 33.6. The van der Waals surface area contributed by atoms with E-state index < -0.39 is 10.8 Å². The van der Waals surface area contributed by atoms with E-state index in [9.17, 15) is 20.5 Å². The lowest BCUT2D eigenvalue weighted by atomic mass is 9.81. The van der Waals surface area contributed by atoms with Crippen molar-refractivity contribution >= 4 is 28.0 Å². The molecule has 1 unspecified atom stereocenters. The zero-order valence-corrected chi connectivity index (χ0v) is 16.4. The zero-order valence-electron chi connectivity index (χ0n) is 16.4. The molecule has 0 amide bonds. The van der Waals surface area contributed by atoms with Gasteiger partial charge in [-0.1, -0.05) is 36.4 Å². The Labute approximate surface area is 181 Å².